The van der Waals surface area contributed by atoms with E-state index in [-0.39, 0.29) is 0 Å². The van der Waals surface area contributed by atoms with Crippen LogP contribution in [0.1, 0.15) is 36.5 Å². The van der Waals surface area contributed by atoms with Gasteiger partial charge in [-0.15, -0.1) is 10.2 Å². The molecular weight excluding hydrogens is 342 g/mol. The summed E-state index contributed by atoms with van der Waals surface area (Å²) in [4.78, 5) is 0. The van der Waals surface area contributed by atoms with Crippen LogP contribution in [0.4, 0.5) is 0 Å². The first-order valence-corrected chi connectivity index (χ1v) is 9.74. The maximum atomic E-state index is 4.68. The van der Waals surface area contributed by atoms with E-state index in [4.69, 9.17) is 0 Å². The van der Waals surface area contributed by atoms with Gasteiger partial charge in [0.1, 0.15) is 0 Å². The predicted molar refractivity (Wildman–Crippen MR) is 116 cm³/mol. The zero-order valence-corrected chi connectivity index (χ0v) is 16.8. The first-order valence-electron chi connectivity index (χ1n) is 9.74. The van der Waals surface area contributed by atoms with Crippen LogP contribution in [0, 0.1) is 13.8 Å². The summed E-state index contributed by atoms with van der Waals surface area (Å²) in [6.45, 7) is 8.73. The molecule has 1 aromatic heterocycles. The van der Waals surface area contributed by atoms with Gasteiger partial charge in [-0.1, -0.05) is 86.6 Å². The average Bonchev–Trinajstić information content (AvgIpc) is 3.13. The van der Waals surface area contributed by atoms with E-state index in [1.165, 1.54) is 16.7 Å². The number of benzene rings is 3. The summed E-state index contributed by atoms with van der Waals surface area (Å²) in [5, 5.41) is 9.31. The lowest BCUT2D eigenvalue weighted by molar-refractivity contribution is 0.864. The number of para-hydroxylation sites is 1. The number of aromatic nitrogens is 3. The minimum absolute atomic E-state index is 0.402. The van der Waals surface area contributed by atoms with Gasteiger partial charge in [-0.2, -0.15) is 0 Å². The monoisotopic (exact) mass is 367 g/mol. The summed E-state index contributed by atoms with van der Waals surface area (Å²) in [6.07, 6.45) is 0. The molecule has 0 N–H and O–H groups in total. The average molecular weight is 367 g/mol. The molecule has 28 heavy (non-hydrogen) atoms. The minimum Gasteiger partial charge on any atom is -0.274 e. The van der Waals surface area contributed by atoms with Crippen molar-refractivity contribution in [3.05, 3.63) is 89.5 Å². The molecule has 0 bridgehead atoms. The fourth-order valence-electron chi connectivity index (χ4n) is 3.81. The van der Waals surface area contributed by atoms with Crippen molar-refractivity contribution in [2.45, 2.75) is 33.6 Å². The summed E-state index contributed by atoms with van der Waals surface area (Å²) in [5.74, 6) is 2.16. The maximum Gasteiger partial charge on any atom is 0.169 e. The molecule has 0 radical (unpaired) electrons. The molecule has 4 rings (SSSR count). The third-order valence-electron chi connectivity index (χ3n) is 5.18. The fraction of sp³-hybridized carbons (Fsp3) is 0.200. The molecule has 0 unspecified atom stereocenters. The van der Waals surface area contributed by atoms with Crippen LogP contribution in [-0.4, -0.2) is 14.8 Å². The van der Waals surface area contributed by atoms with Crippen LogP contribution < -0.4 is 0 Å². The van der Waals surface area contributed by atoms with Gasteiger partial charge in [-0.25, -0.2) is 0 Å². The highest BCUT2D eigenvalue weighted by molar-refractivity contribution is 5.70. The fourth-order valence-corrected chi connectivity index (χ4v) is 3.81. The molecule has 3 heteroatoms. The number of hydrogen-bond acceptors (Lipinski definition) is 2. The Bertz CT molecular complexity index is 1090. The second-order valence-corrected chi connectivity index (χ2v) is 7.53. The van der Waals surface area contributed by atoms with Gasteiger partial charge in [0.2, 0.25) is 0 Å². The molecule has 0 spiro atoms. The van der Waals surface area contributed by atoms with Crippen molar-refractivity contribution in [1.82, 2.24) is 14.8 Å². The van der Waals surface area contributed by atoms with Gasteiger partial charge in [0.25, 0.3) is 0 Å². The van der Waals surface area contributed by atoms with Crippen molar-refractivity contribution in [2.24, 2.45) is 0 Å². The van der Waals surface area contributed by atoms with Gasteiger partial charge >= 0.3 is 0 Å². The Morgan fingerprint density at radius 2 is 1.29 bits per heavy atom. The van der Waals surface area contributed by atoms with Gasteiger partial charge in [-0.05, 0) is 36.5 Å². The molecule has 0 atom stereocenters. The van der Waals surface area contributed by atoms with Crippen molar-refractivity contribution >= 4 is 0 Å². The number of nitrogens with zero attached hydrogens (tertiary/aromatic N) is 3. The predicted octanol–water partition coefficient (Wildman–Crippen LogP) is 6.34. The van der Waals surface area contributed by atoms with Crippen molar-refractivity contribution in [3.63, 3.8) is 0 Å². The second-order valence-electron chi connectivity index (χ2n) is 7.53. The topological polar surface area (TPSA) is 30.7 Å². The lowest BCUT2D eigenvalue weighted by Crippen LogP contribution is -2.06. The molecule has 0 fully saturated rings. The SMILES string of the molecule is Cc1cccc(C)c1-n1c(-c2ccccc2)nnc1-c1ccccc1C(C)C. The molecule has 0 aliphatic rings. The lowest BCUT2D eigenvalue weighted by Gasteiger charge is -2.18. The molecule has 0 saturated heterocycles. The van der Waals surface area contributed by atoms with E-state index >= 15 is 0 Å². The zero-order valence-electron chi connectivity index (χ0n) is 16.8. The van der Waals surface area contributed by atoms with Gasteiger partial charge in [0.05, 0.1) is 5.69 Å². The Morgan fingerprint density at radius 3 is 1.96 bits per heavy atom. The van der Waals surface area contributed by atoms with Crippen LogP contribution in [0.2, 0.25) is 0 Å². The highest BCUT2D eigenvalue weighted by Crippen LogP contribution is 2.34. The van der Waals surface area contributed by atoms with Gasteiger partial charge < -0.3 is 0 Å². The standard InChI is InChI=1S/C25H25N3/c1-17(2)21-15-8-9-16-22(21)25-27-26-24(20-13-6-5-7-14-20)28(25)23-18(3)11-10-12-19(23)4/h5-17H,1-4H3. The molecule has 3 aromatic carbocycles. The third-order valence-corrected chi connectivity index (χ3v) is 5.18. The van der Waals surface area contributed by atoms with Crippen molar-refractivity contribution in [2.75, 3.05) is 0 Å². The Hall–Kier alpha value is -3.20. The molecule has 140 valence electrons. The van der Waals surface area contributed by atoms with Crippen LogP contribution in [-0.2, 0) is 0 Å². The summed E-state index contributed by atoms with van der Waals surface area (Å²) < 4.78 is 2.22. The number of aryl methyl sites for hydroxylation is 2. The van der Waals surface area contributed by atoms with Crippen LogP contribution in [0.5, 0.6) is 0 Å². The molecule has 0 amide bonds. The molecular formula is C25H25N3. The summed E-state index contributed by atoms with van der Waals surface area (Å²) in [7, 11) is 0. The van der Waals surface area contributed by atoms with E-state index in [1.807, 2.05) is 18.2 Å². The highest BCUT2D eigenvalue weighted by Gasteiger charge is 2.21. The molecule has 0 aliphatic carbocycles. The van der Waals surface area contributed by atoms with Crippen LogP contribution in [0.3, 0.4) is 0 Å². The van der Waals surface area contributed by atoms with E-state index in [0.717, 1.165) is 28.5 Å². The smallest absolute Gasteiger partial charge is 0.169 e. The Kier molecular flexibility index (Phi) is 4.82. The minimum atomic E-state index is 0.402. The van der Waals surface area contributed by atoms with Gasteiger partial charge in [0, 0.05) is 11.1 Å². The second kappa shape index (κ2) is 7.43. The molecule has 0 saturated carbocycles. The first-order chi connectivity index (χ1) is 13.6. The van der Waals surface area contributed by atoms with Crippen LogP contribution in [0.15, 0.2) is 72.8 Å². The van der Waals surface area contributed by atoms with Gasteiger partial charge in [0.15, 0.2) is 11.6 Å². The van der Waals surface area contributed by atoms with Crippen LogP contribution >= 0.6 is 0 Å². The van der Waals surface area contributed by atoms with E-state index < -0.39 is 0 Å². The lowest BCUT2D eigenvalue weighted by atomic mass is 9.96. The highest BCUT2D eigenvalue weighted by atomic mass is 15.3. The number of hydrogen-bond donors (Lipinski definition) is 0. The van der Waals surface area contributed by atoms with Crippen molar-refractivity contribution in [1.29, 1.82) is 0 Å². The number of rotatable bonds is 4. The Balaban J connectivity index is 2.06. The summed E-state index contributed by atoms with van der Waals surface area (Å²) >= 11 is 0. The molecule has 3 nitrogen and oxygen atoms in total. The Labute approximate surface area is 166 Å². The molecule has 4 aromatic rings. The largest absolute Gasteiger partial charge is 0.274 e. The van der Waals surface area contributed by atoms with Gasteiger partial charge in [-0.3, -0.25) is 4.57 Å². The van der Waals surface area contributed by atoms with E-state index in [1.54, 1.807) is 0 Å². The summed E-state index contributed by atoms with van der Waals surface area (Å²) in [5.41, 5.74) is 7.04. The molecule has 0 aliphatic heterocycles. The normalized spacial score (nSPS) is 11.2. The van der Waals surface area contributed by atoms with Crippen molar-refractivity contribution < 1.29 is 0 Å². The molecule has 1 heterocycles. The van der Waals surface area contributed by atoms with E-state index in [9.17, 15) is 0 Å². The van der Waals surface area contributed by atoms with E-state index in [2.05, 4.69) is 97.1 Å². The maximum absolute atomic E-state index is 4.68. The summed E-state index contributed by atoms with van der Waals surface area (Å²) in [6, 6.07) is 25.2. The Morgan fingerprint density at radius 1 is 0.679 bits per heavy atom. The zero-order chi connectivity index (χ0) is 19.7. The first kappa shape index (κ1) is 18.2. The quantitative estimate of drug-likeness (QED) is 0.421. The van der Waals surface area contributed by atoms with Crippen molar-refractivity contribution in [3.8, 4) is 28.5 Å². The third kappa shape index (κ3) is 3.13. The van der Waals surface area contributed by atoms with Crippen LogP contribution in [0.25, 0.3) is 28.5 Å². The van der Waals surface area contributed by atoms with E-state index in [0.29, 0.717) is 5.92 Å².